The number of benzene rings is 2. The van der Waals surface area contributed by atoms with Crippen LogP contribution in [-0.4, -0.2) is 35.5 Å². The molecule has 0 spiro atoms. The second kappa shape index (κ2) is 8.36. The van der Waals surface area contributed by atoms with Crippen LogP contribution in [0.25, 0.3) is 10.2 Å². The van der Waals surface area contributed by atoms with Gasteiger partial charge in [-0.3, -0.25) is 14.9 Å². The van der Waals surface area contributed by atoms with Crippen molar-refractivity contribution in [2.24, 2.45) is 0 Å². The van der Waals surface area contributed by atoms with E-state index in [1.165, 1.54) is 17.0 Å². The molecule has 1 fully saturated rings. The third kappa shape index (κ3) is 4.04. The summed E-state index contributed by atoms with van der Waals surface area (Å²) in [6.45, 7) is 0.757. The lowest BCUT2D eigenvalue weighted by molar-refractivity contribution is -0.385. The van der Waals surface area contributed by atoms with Gasteiger partial charge in [-0.1, -0.05) is 23.9 Å². The third-order valence-electron chi connectivity index (χ3n) is 4.47. The number of anilines is 1. The molecule has 1 saturated heterocycles. The molecule has 150 valence electrons. The summed E-state index contributed by atoms with van der Waals surface area (Å²) in [4.78, 5) is 28.9. The van der Waals surface area contributed by atoms with Gasteiger partial charge < -0.3 is 14.4 Å². The van der Waals surface area contributed by atoms with Crippen LogP contribution in [0.5, 0.6) is 5.75 Å². The van der Waals surface area contributed by atoms with Gasteiger partial charge in [0.05, 0.1) is 28.3 Å². The van der Waals surface area contributed by atoms with Crippen LogP contribution in [0.3, 0.4) is 0 Å². The van der Waals surface area contributed by atoms with Crippen molar-refractivity contribution in [2.75, 3.05) is 17.8 Å². The molecule has 0 bridgehead atoms. The zero-order chi connectivity index (χ0) is 20.4. The molecule has 29 heavy (non-hydrogen) atoms. The van der Waals surface area contributed by atoms with Gasteiger partial charge in [0.15, 0.2) is 4.34 Å². The zero-order valence-electron chi connectivity index (χ0n) is 15.4. The van der Waals surface area contributed by atoms with E-state index in [1.54, 1.807) is 29.2 Å². The van der Waals surface area contributed by atoms with E-state index in [-0.39, 0.29) is 23.7 Å². The topological polar surface area (TPSA) is 94.8 Å². The third-order valence-corrected chi connectivity index (χ3v) is 6.48. The Morgan fingerprint density at radius 3 is 2.93 bits per heavy atom. The van der Waals surface area contributed by atoms with Crippen molar-refractivity contribution in [3.05, 3.63) is 52.1 Å². The summed E-state index contributed by atoms with van der Waals surface area (Å²) < 4.78 is 12.8. The molecular formula is C19H17N3O5S2. The number of ether oxygens (including phenoxy) is 2. The maximum atomic E-state index is 11.8. The number of rotatable bonds is 8. The molecule has 1 amide bonds. The van der Waals surface area contributed by atoms with Crippen molar-refractivity contribution >= 4 is 51.1 Å². The van der Waals surface area contributed by atoms with Crippen molar-refractivity contribution in [1.29, 1.82) is 0 Å². The Hall–Kier alpha value is -2.69. The number of nitrogens with zero attached hydrogens (tertiary/aromatic N) is 3. The maximum Gasteiger partial charge on any atom is 0.334 e. The highest BCUT2D eigenvalue weighted by Gasteiger charge is 2.29. The fraction of sp³-hybridized carbons (Fsp3) is 0.263. The summed E-state index contributed by atoms with van der Waals surface area (Å²) in [5.74, 6) is 0.0894. The van der Waals surface area contributed by atoms with Gasteiger partial charge in [-0.25, -0.2) is 4.98 Å². The minimum atomic E-state index is -0.531. The first kappa shape index (κ1) is 19.6. The molecule has 1 unspecified atom stereocenters. The Bertz CT molecular complexity index is 1070. The molecule has 2 aromatic carbocycles. The second-order valence-corrected chi connectivity index (χ2v) is 8.39. The first-order chi connectivity index (χ1) is 14.1. The van der Waals surface area contributed by atoms with E-state index in [4.69, 9.17) is 9.47 Å². The predicted octanol–water partition coefficient (Wildman–Crippen LogP) is 4.21. The fourth-order valence-electron chi connectivity index (χ4n) is 2.98. The van der Waals surface area contributed by atoms with Crippen LogP contribution in [-0.2, 0) is 16.1 Å². The first-order valence-electron chi connectivity index (χ1n) is 8.80. The van der Waals surface area contributed by atoms with Crippen LogP contribution in [0.4, 0.5) is 11.4 Å². The molecule has 4 rings (SSSR count). The van der Waals surface area contributed by atoms with E-state index >= 15 is 0 Å². The highest BCUT2D eigenvalue weighted by atomic mass is 32.2. The van der Waals surface area contributed by atoms with Crippen LogP contribution in [0.2, 0.25) is 0 Å². The number of hydrogen-bond acceptors (Lipinski definition) is 8. The van der Waals surface area contributed by atoms with E-state index in [0.717, 1.165) is 20.1 Å². The van der Waals surface area contributed by atoms with Gasteiger partial charge in [0.25, 0.3) is 0 Å². The molecule has 1 atom stereocenters. The van der Waals surface area contributed by atoms with Crippen LogP contribution < -0.4 is 9.64 Å². The standard InChI is InChI=1S/C19H17N3O5S2/c1-28-19-20-13-6-5-12(9-16(13)29-19)10-21(11-23)14-3-2-4-15(18(14)22(24)25)27-17-7-8-26-17/h2-6,9,11,17H,7-8,10H2,1H3. The van der Waals surface area contributed by atoms with E-state index in [1.807, 2.05) is 24.5 Å². The zero-order valence-corrected chi connectivity index (χ0v) is 17.1. The Kier molecular flexibility index (Phi) is 5.65. The predicted molar refractivity (Wildman–Crippen MR) is 112 cm³/mol. The van der Waals surface area contributed by atoms with Crippen LogP contribution in [0.15, 0.2) is 40.7 Å². The van der Waals surface area contributed by atoms with E-state index < -0.39 is 11.2 Å². The van der Waals surface area contributed by atoms with Crippen LogP contribution in [0.1, 0.15) is 12.0 Å². The molecule has 1 aliphatic rings. The van der Waals surface area contributed by atoms with Gasteiger partial charge in [-0.2, -0.15) is 0 Å². The summed E-state index contributed by atoms with van der Waals surface area (Å²) in [7, 11) is 0. The number of aromatic nitrogens is 1. The molecule has 0 aliphatic carbocycles. The molecular weight excluding hydrogens is 414 g/mol. The summed E-state index contributed by atoms with van der Waals surface area (Å²) in [5, 5.41) is 11.7. The molecule has 0 N–H and O–H groups in total. The Morgan fingerprint density at radius 1 is 1.45 bits per heavy atom. The van der Waals surface area contributed by atoms with Crippen molar-refractivity contribution in [1.82, 2.24) is 4.98 Å². The highest BCUT2D eigenvalue weighted by molar-refractivity contribution is 8.00. The minimum Gasteiger partial charge on any atom is -0.458 e. The van der Waals surface area contributed by atoms with Gasteiger partial charge in [0, 0.05) is 6.42 Å². The number of amides is 1. The summed E-state index contributed by atoms with van der Waals surface area (Å²) in [6.07, 6.45) is 2.74. The van der Waals surface area contributed by atoms with E-state index in [2.05, 4.69) is 4.98 Å². The average molecular weight is 431 g/mol. The first-order valence-corrected chi connectivity index (χ1v) is 10.8. The number of thiazole rings is 1. The Morgan fingerprint density at radius 2 is 2.28 bits per heavy atom. The van der Waals surface area contributed by atoms with Gasteiger partial charge in [-0.15, -0.1) is 11.3 Å². The number of hydrogen-bond donors (Lipinski definition) is 0. The quantitative estimate of drug-likeness (QED) is 0.228. The van der Waals surface area contributed by atoms with Crippen molar-refractivity contribution < 1.29 is 19.2 Å². The maximum absolute atomic E-state index is 11.8. The van der Waals surface area contributed by atoms with Gasteiger partial charge in [0.1, 0.15) is 5.69 Å². The van der Waals surface area contributed by atoms with E-state index in [9.17, 15) is 14.9 Å². The molecule has 3 aromatic rings. The summed E-state index contributed by atoms with van der Waals surface area (Å²) >= 11 is 3.15. The molecule has 8 nitrogen and oxygen atoms in total. The van der Waals surface area contributed by atoms with Gasteiger partial charge in [0.2, 0.25) is 18.4 Å². The smallest absolute Gasteiger partial charge is 0.334 e. The van der Waals surface area contributed by atoms with Crippen LogP contribution in [0, 0.1) is 10.1 Å². The minimum absolute atomic E-state index is 0.0894. The highest BCUT2D eigenvalue weighted by Crippen LogP contribution is 2.39. The molecule has 0 saturated carbocycles. The number of carbonyl (C=O) groups is 1. The lowest BCUT2D eigenvalue weighted by atomic mass is 10.1. The Balaban J connectivity index is 1.65. The average Bonchev–Trinajstić information content (AvgIpc) is 3.11. The van der Waals surface area contributed by atoms with Gasteiger partial charge in [-0.05, 0) is 36.1 Å². The van der Waals surface area contributed by atoms with Crippen LogP contribution >= 0.6 is 23.1 Å². The normalized spacial score (nSPS) is 15.7. The number of nitro benzene ring substituents is 1. The van der Waals surface area contributed by atoms with Crippen molar-refractivity contribution in [2.45, 2.75) is 23.6 Å². The van der Waals surface area contributed by atoms with Crippen molar-refractivity contribution in [3.63, 3.8) is 0 Å². The number of nitro groups is 1. The Labute approximate surface area is 174 Å². The number of thioether (sulfide) groups is 1. The number of carbonyl (C=O) groups excluding carboxylic acids is 1. The monoisotopic (exact) mass is 431 g/mol. The second-order valence-electron chi connectivity index (χ2n) is 6.31. The largest absolute Gasteiger partial charge is 0.458 e. The summed E-state index contributed by atoms with van der Waals surface area (Å²) in [5.41, 5.74) is 1.67. The van der Waals surface area contributed by atoms with Crippen molar-refractivity contribution in [3.8, 4) is 5.75 Å². The summed E-state index contributed by atoms with van der Waals surface area (Å²) in [6, 6.07) is 10.4. The molecule has 1 aliphatic heterocycles. The number of para-hydroxylation sites is 1. The lowest BCUT2D eigenvalue weighted by Gasteiger charge is -2.27. The lowest BCUT2D eigenvalue weighted by Crippen LogP contribution is -2.32. The molecule has 2 heterocycles. The number of fused-ring (bicyclic) bond motifs is 1. The molecule has 0 radical (unpaired) electrons. The van der Waals surface area contributed by atoms with Gasteiger partial charge >= 0.3 is 5.69 Å². The SMILES string of the molecule is CSc1nc2ccc(CN(C=O)c3cccc(OC4CCO4)c3[N+](=O)[O-])cc2s1. The molecule has 10 heteroatoms. The molecule has 1 aromatic heterocycles. The van der Waals surface area contributed by atoms with E-state index in [0.29, 0.717) is 19.4 Å². The fourth-order valence-corrected chi connectivity index (χ4v) is 4.53.